The second-order valence-corrected chi connectivity index (χ2v) is 7.41. The van der Waals surface area contributed by atoms with Gasteiger partial charge in [0.25, 0.3) is 0 Å². The molecule has 0 amide bonds. The lowest BCUT2D eigenvalue weighted by Crippen LogP contribution is -2.34. The predicted molar refractivity (Wildman–Crippen MR) is 124 cm³/mol. The first-order valence-corrected chi connectivity index (χ1v) is 10.5. The standard InChI is InChI=1S/C25H28O10/c1-29-14-9-8-12(10-15(14)30-2)17-18-13(11-16(31-3)22(32-4)23(18)33-5)21(26)20(25(28)35-7)19(17)24(27)34-6/h8-11,20-21,26H,1-7H3/t20-,21-/m0/s1. The molecular weight excluding hydrogens is 460 g/mol. The molecule has 2 aromatic carbocycles. The SMILES string of the molecule is COC(=O)C1=C(c2ccc(OC)c(OC)c2)c2c(cc(OC)c(OC)c2OC)[C@H](O)[C@H]1C(=O)OC. The van der Waals surface area contributed by atoms with Gasteiger partial charge in [-0.25, -0.2) is 4.79 Å². The highest BCUT2D eigenvalue weighted by atomic mass is 16.5. The number of carbonyl (C=O) groups excluding carboxylic acids is 2. The van der Waals surface area contributed by atoms with E-state index in [1.54, 1.807) is 18.2 Å². The maximum Gasteiger partial charge on any atom is 0.335 e. The summed E-state index contributed by atoms with van der Waals surface area (Å²) < 4.78 is 37.4. The number of hydrogen-bond donors (Lipinski definition) is 1. The van der Waals surface area contributed by atoms with Crippen LogP contribution in [0.4, 0.5) is 0 Å². The van der Waals surface area contributed by atoms with Gasteiger partial charge in [-0.3, -0.25) is 4.79 Å². The number of methoxy groups -OCH3 is 7. The fraction of sp³-hybridized carbons (Fsp3) is 0.360. The van der Waals surface area contributed by atoms with E-state index in [9.17, 15) is 14.7 Å². The van der Waals surface area contributed by atoms with Gasteiger partial charge in [-0.05, 0) is 29.3 Å². The molecule has 0 bridgehead atoms. The lowest BCUT2D eigenvalue weighted by Gasteiger charge is -2.34. The number of hydrogen-bond acceptors (Lipinski definition) is 10. The third-order valence-corrected chi connectivity index (χ3v) is 5.86. The van der Waals surface area contributed by atoms with Crippen molar-refractivity contribution in [2.45, 2.75) is 6.10 Å². The number of aliphatic hydroxyl groups is 1. The van der Waals surface area contributed by atoms with E-state index in [0.717, 1.165) is 0 Å². The van der Waals surface area contributed by atoms with Gasteiger partial charge in [-0.15, -0.1) is 0 Å². The number of aliphatic hydroxyl groups excluding tert-OH is 1. The molecule has 3 rings (SSSR count). The number of carbonyl (C=O) groups is 2. The van der Waals surface area contributed by atoms with E-state index in [-0.39, 0.29) is 34.0 Å². The molecule has 0 fully saturated rings. The highest BCUT2D eigenvalue weighted by Crippen LogP contribution is 2.54. The third kappa shape index (κ3) is 4.21. The predicted octanol–water partition coefficient (Wildman–Crippen LogP) is 2.54. The highest BCUT2D eigenvalue weighted by Gasteiger charge is 2.46. The van der Waals surface area contributed by atoms with Crippen LogP contribution in [-0.2, 0) is 19.1 Å². The number of esters is 2. The Balaban J connectivity index is 2.57. The van der Waals surface area contributed by atoms with Crippen molar-refractivity contribution in [2.75, 3.05) is 49.8 Å². The summed E-state index contributed by atoms with van der Waals surface area (Å²) in [4.78, 5) is 26.0. The second kappa shape index (κ2) is 10.6. The van der Waals surface area contributed by atoms with Crippen molar-refractivity contribution < 1.29 is 47.9 Å². The molecule has 0 saturated carbocycles. The maximum absolute atomic E-state index is 13.1. The van der Waals surface area contributed by atoms with Crippen molar-refractivity contribution >= 4 is 17.5 Å². The fourth-order valence-electron chi connectivity index (χ4n) is 4.30. The van der Waals surface area contributed by atoms with Gasteiger partial charge in [-0.1, -0.05) is 6.07 Å². The van der Waals surface area contributed by atoms with Gasteiger partial charge in [0.2, 0.25) is 5.75 Å². The first-order valence-electron chi connectivity index (χ1n) is 10.5. The Morgan fingerprint density at radius 1 is 0.743 bits per heavy atom. The van der Waals surface area contributed by atoms with Gasteiger partial charge in [0.05, 0.1) is 61.4 Å². The molecule has 0 aromatic heterocycles. The number of ether oxygens (including phenoxy) is 7. The van der Waals surface area contributed by atoms with Crippen LogP contribution in [0.1, 0.15) is 22.8 Å². The number of fused-ring (bicyclic) bond motifs is 1. The van der Waals surface area contributed by atoms with Gasteiger partial charge >= 0.3 is 11.9 Å². The largest absolute Gasteiger partial charge is 0.493 e. The highest BCUT2D eigenvalue weighted by molar-refractivity contribution is 6.09. The Labute approximate surface area is 202 Å². The second-order valence-electron chi connectivity index (χ2n) is 7.41. The smallest absolute Gasteiger partial charge is 0.335 e. The molecule has 10 nitrogen and oxygen atoms in total. The summed E-state index contributed by atoms with van der Waals surface area (Å²) in [5.41, 5.74) is 1.22. The maximum atomic E-state index is 13.1. The molecular formula is C25H28O10. The van der Waals surface area contributed by atoms with Crippen molar-refractivity contribution in [3.05, 3.63) is 46.5 Å². The normalized spacial score (nSPS) is 16.7. The van der Waals surface area contributed by atoms with Crippen LogP contribution in [0.3, 0.4) is 0 Å². The summed E-state index contributed by atoms with van der Waals surface area (Å²) >= 11 is 0. The molecule has 10 heteroatoms. The Kier molecular flexibility index (Phi) is 7.75. The zero-order chi connectivity index (χ0) is 25.9. The lowest BCUT2D eigenvalue weighted by atomic mass is 9.73. The van der Waals surface area contributed by atoms with E-state index in [4.69, 9.17) is 33.2 Å². The summed E-state index contributed by atoms with van der Waals surface area (Å²) in [6.45, 7) is 0. The minimum Gasteiger partial charge on any atom is -0.493 e. The third-order valence-electron chi connectivity index (χ3n) is 5.86. The van der Waals surface area contributed by atoms with Gasteiger partial charge < -0.3 is 38.3 Å². The molecule has 35 heavy (non-hydrogen) atoms. The molecule has 1 aliphatic carbocycles. The topological polar surface area (TPSA) is 119 Å². The average Bonchev–Trinajstić information content (AvgIpc) is 2.90. The summed E-state index contributed by atoms with van der Waals surface area (Å²) in [5, 5.41) is 11.3. The van der Waals surface area contributed by atoms with E-state index in [1.807, 2.05) is 0 Å². The van der Waals surface area contributed by atoms with Crippen LogP contribution in [-0.4, -0.2) is 66.8 Å². The summed E-state index contributed by atoms with van der Waals surface area (Å²) in [5.74, 6) is -1.53. The molecule has 0 radical (unpaired) electrons. The Morgan fingerprint density at radius 2 is 1.37 bits per heavy atom. The molecule has 0 saturated heterocycles. The van der Waals surface area contributed by atoms with Crippen LogP contribution in [0.5, 0.6) is 28.7 Å². The van der Waals surface area contributed by atoms with E-state index in [2.05, 4.69) is 0 Å². The van der Waals surface area contributed by atoms with Gasteiger partial charge in [0.15, 0.2) is 23.0 Å². The van der Waals surface area contributed by atoms with Crippen LogP contribution in [0.15, 0.2) is 29.8 Å². The van der Waals surface area contributed by atoms with Crippen LogP contribution in [0, 0.1) is 5.92 Å². The van der Waals surface area contributed by atoms with Crippen LogP contribution < -0.4 is 23.7 Å². The lowest BCUT2D eigenvalue weighted by molar-refractivity contribution is -0.151. The Morgan fingerprint density at radius 3 is 1.89 bits per heavy atom. The first-order chi connectivity index (χ1) is 16.8. The van der Waals surface area contributed by atoms with Gasteiger partial charge in [-0.2, -0.15) is 0 Å². The van der Waals surface area contributed by atoms with Crippen molar-refractivity contribution in [1.29, 1.82) is 0 Å². The van der Waals surface area contributed by atoms with E-state index >= 15 is 0 Å². The molecule has 0 heterocycles. The number of benzene rings is 2. The molecule has 0 spiro atoms. The molecule has 2 aromatic rings. The van der Waals surface area contributed by atoms with E-state index in [1.165, 1.54) is 55.8 Å². The molecule has 2 atom stereocenters. The van der Waals surface area contributed by atoms with Crippen LogP contribution >= 0.6 is 0 Å². The average molecular weight is 488 g/mol. The molecule has 188 valence electrons. The van der Waals surface area contributed by atoms with Crippen LogP contribution in [0.25, 0.3) is 5.57 Å². The fourth-order valence-corrected chi connectivity index (χ4v) is 4.30. The van der Waals surface area contributed by atoms with Crippen molar-refractivity contribution in [3.63, 3.8) is 0 Å². The molecule has 1 N–H and O–H groups in total. The summed E-state index contributed by atoms with van der Waals surface area (Å²) in [6.07, 6.45) is -1.48. The van der Waals surface area contributed by atoms with E-state index < -0.39 is 24.0 Å². The number of rotatable bonds is 8. The molecule has 0 unspecified atom stereocenters. The zero-order valence-electron chi connectivity index (χ0n) is 20.6. The van der Waals surface area contributed by atoms with Crippen molar-refractivity contribution in [2.24, 2.45) is 5.92 Å². The van der Waals surface area contributed by atoms with Gasteiger partial charge in [0, 0.05) is 11.1 Å². The monoisotopic (exact) mass is 488 g/mol. The van der Waals surface area contributed by atoms with E-state index in [0.29, 0.717) is 22.6 Å². The summed E-state index contributed by atoms with van der Waals surface area (Å²) in [7, 11) is 9.61. The van der Waals surface area contributed by atoms with Crippen LogP contribution in [0.2, 0.25) is 0 Å². The Hall–Kier alpha value is -3.92. The quantitative estimate of drug-likeness (QED) is 0.555. The Bertz CT molecular complexity index is 1170. The summed E-state index contributed by atoms with van der Waals surface area (Å²) in [6, 6.07) is 6.52. The minimum absolute atomic E-state index is 0.114. The molecule has 0 aliphatic heterocycles. The van der Waals surface area contributed by atoms with Gasteiger partial charge in [0.1, 0.15) is 5.92 Å². The minimum atomic E-state index is -1.48. The molecule has 1 aliphatic rings. The van der Waals surface area contributed by atoms with Crippen molar-refractivity contribution in [3.8, 4) is 28.7 Å². The van der Waals surface area contributed by atoms with Crippen molar-refractivity contribution in [1.82, 2.24) is 0 Å². The zero-order valence-corrected chi connectivity index (χ0v) is 20.6. The first kappa shape index (κ1) is 25.7.